The molecule has 0 aromatic carbocycles. The average Bonchev–Trinajstić information content (AvgIpc) is 2.94. The van der Waals surface area contributed by atoms with Crippen LogP contribution in [-0.2, 0) is 4.74 Å². The van der Waals surface area contributed by atoms with Crippen molar-refractivity contribution < 1.29 is 9.53 Å². The van der Waals surface area contributed by atoms with E-state index in [2.05, 4.69) is 10.1 Å². The molecule has 124 valence electrons. The molecule has 1 fully saturated rings. The maximum absolute atomic E-state index is 12.2. The smallest absolute Gasteiger partial charge is 0.410 e. The topological polar surface area (TPSA) is 79.7 Å². The zero-order chi connectivity index (χ0) is 16.6. The van der Waals surface area contributed by atoms with Gasteiger partial charge in [0.25, 0.3) is 5.56 Å². The first-order valence-electron chi connectivity index (χ1n) is 7.88. The average molecular weight is 318 g/mol. The van der Waals surface area contributed by atoms with Crippen molar-refractivity contribution in [3.05, 3.63) is 34.4 Å². The Hall–Kier alpha value is -2.31. The number of fused-ring (bicyclic) bond motifs is 1. The number of aromatic nitrogens is 3. The molecule has 2 aromatic heterocycles. The number of likely N-dealkylation sites (tertiary alicyclic amines) is 1. The Labute approximate surface area is 134 Å². The van der Waals surface area contributed by atoms with Gasteiger partial charge in [-0.25, -0.2) is 14.3 Å². The molecule has 0 spiro atoms. The SMILES string of the molecule is CC(C)(C)OC(=O)N1CCC[C@@H](c2cc(=O)n3[nH]ccc3n2)C1. The number of rotatable bonds is 1. The highest BCUT2D eigenvalue weighted by molar-refractivity contribution is 5.68. The zero-order valence-electron chi connectivity index (χ0n) is 13.7. The van der Waals surface area contributed by atoms with E-state index in [-0.39, 0.29) is 17.6 Å². The number of aromatic amines is 1. The van der Waals surface area contributed by atoms with E-state index in [4.69, 9.17) is 4.74 Å². The Morgan fingerprint density at radius 1 is 1.43 bits per heavy atom. The fraction of sp³-hybridized carbons (Fsp3) is 0.562. The Balaban J connectivity index is 1.80. The van der Waals surface area contributed by atoms with Crippen molar-refractivity contribution in [3.8, 4) is 0 Å². The van der Waals surface area contributed by atoms with Crippen molar-refractivity contribution in [2.45, 2.75) is 45.1 Å². The molecular formula is C16H22N4O3. The predicted molar refractivity (Wildman–Crippen MR) is 85.6 cm³/mol. The van der Waals surface area contributed by atoms with Crippen molar-refractivity contribution in [3.63, 3.8) is 0 Å². The molecule has 3 heterocycles. The second-order valence-electron chi connectivity index (χ2n) is 6.94. The normalized spacial score (nSPS) is 19.1. The van der Waals surface area contributed by atoms with Crippen LogP contribution in [0, 0.1) is 0 Å². The molecule has 1 aliphatic heterocycles. The largest absolute Gasteiger partial charge is 0.444 e. The quantitative estimate of drug-likeness (QED) is 0.873. The molecule has 0 saturated carbocycles. The third-order valence-electron chi connectivity index (χ3n) is 3.89. The highest BCUT2D eigenvalue weighted by atomic mass is 16.6. The molecule has 23 heavy (non-hydrogen) atoms. The van der Waals surface area contributed by atoms with Gasteiger partial charge in [-0.05, 0) is 33.6 Å². The summed E-state index contributed by atoms with van der Waals surface area (Å²) in [4.78, 5) is 30.6. The van der Waals surface area contributed by atoms with Gasteiger partial charge in [0, 0.05) is 37.3 Å². The molecule has 7 nitrogen and oxygen atoms in total. The number of nitrogens with one attached hydrogen (secondary N) is 1. The summed E-state index contributed by atoms with van der Waals surface area (Å²) in [6.07, 6.45) is 3.16. The van der Waals surface area contributed by atoms with Crippen molar-refractivity contribution >= 4 is 11.7 Å². The number of carbonyl (C=O) groups is 1. The molecular weight excluding hydrogens is 296 g/mol. The first-order chi connectivity index (χ1) is 10.8. The van der Waals surface area contributed by atoms with Crippen LogP contribution in [0.3, 0.4) is 0 Å². The fourth-order valence-corrected chi connectivity index (χ4v) is 2.87. The van der Waals surface area contributed by atoms with Crippen LogP contribution >= 0.6 is 0 Å². The lowest BCUT2D eigenvalue weighted by atomic mass is 9.95. The minimum Gasteiger partial charge on any atom is -0.444 e. The number of carbonyl (C=O) groups excluding carboxylic acids is 1. The zero-order valence-corrected chi connectivity index (χ0v) is 13.7. The summed E-state index contributed by atoms with van der Waals surface area (Å²) in [6.45, 7) is 6.77. The number of hydrogen-bond acceptors (Lipinski definition) is 4. The third-order valence-corrected chi connectivity index (χ3v) is 3.89. The molecule has 0 bridgehead atoms. The fourth-order valence-electron chi connectivity index (χ4n) is 2.87. The maximum Gasteiger partial charge on any atom is 0.410 e. The Bertz CT molecular complexity index is 771. The Kier molecular flexibility index (Phi) is 3.87. The van der Waals surface area contributed by atoms with Crippen LogP contribution in [0.25, 0.3) is 5.65 Å². The lowest BCUT2D eigenvalue weighted by Crippen LogP contribution is -2.42. The van der Waals surface area contributed by atoms with Crippen LogP contribution in [0.15, 0.2) is 23.1 Å². The van der Waals surface area contributed by atoms with E-state index in [0.29, 0.717) is 18.7 Å². The van der Waals surface area contributed by atoms with Crippen molar-refractivity contribution in [1.82, 2.24) is 19.5 Å². The second-order valence-corrected chi connectivity index (χ2v) is 6.94. The highest BCUT2D eigenvalue weighted by Crippen LogP contribution is 2.26. The van der Waals surface area contributed by atoms with Crippen molar-refractivity contribution in [2.75, 3.05) is 13.1 Å². The van der Waals surface area contributed by atoms with Crippen LogP contribution in [0.2, 0.25) is 0 Å². The van der Waals surface area contributed by atoms with Gasteiger partial charge in [0.05, 0.1) is 5.69 Å². The Morgan fingerprint density at radius 3 is 2.96 bits per heavy atom. The van der Waals surface area contributed by atoms with E-state index < -0.39 is 5.60 Å². The number of hydrogen-bond donors (Lipinski definition) is 1. The van der Waals surface area contributed by atoms with E-state index >= 15 is 0 Å². The van der Waals surface area contributed by atoms with Crippen LogP contribution < -0.4 is 5.56 Å². The molecule has 1 atom stereocenters. The van der Waals surface area contributed by atoms with Gasteiger partial charge in [-0.3, -0.25) is 9.89 Å². The third kappa shape index (κ3) is 3.38. The molecule has 1 amide bonds. The van der Waals surface area contributed by atoms with E-state index in [0.717, 1.165) is 18.5 Å². The van der Waals surface area contributed by atoms with Gasteiger partial charge < -0.3 is 9.64 Å². The summed E-state index contributed by atoms with van der Waals surface area (Å²) in [7, 11) is 0. The van der Waals surface area contributed by atoms with Crippen LogP contribution in [0.4, 0.5) is 4.79 Å². The van der Waals surface area contributed by atoms with Gasteiger partial charge in [0.15, 0.2) is 5.65 Å². The summed E-state index contributed by atoms with van der Waals surface area (Å²) in [6, 6.07) is 3.31. The molecule has 0 radical (unpaired) electrons. The summed E-state index contributed by atoms with van der Waals surface area (Å²) >= 11 is 0. The molecule has 0 aliphatic carbocycles. The molecule has 1 saturated heterocycles. The van der Waals surface area contributed by atoms with Gasteiger partial charge in [-0.1, -0.05) is 0 Å². The molecule has 2 aromatic rings. The molecule has 7 heteroatoms. The van der Waals surface area contributed by atoms with E-state index in [1.54, 1.807) is 23.2 Å². The van der Waals surface area contributed by atoms with Crippen molar-refractivity contribution in [2.24, 2.45) is 0 Å². The first kappa shape index (κ1) is 15.6. The number of piperidine rings is 1. The summed E-state index contributed by atoms with van der Waals surface area (Å²) < 4.78 is 6.84. The maximum atomic E-state index is 12.2. The Morgan fingerprint density at radius 2 is 2.22 bits per heavy atom. The monoisotopic (exact) mass is 318 g/mol. The lowest BCUT2D eigenvalue weighted by molar-refractivity contribution is 0.0197. The van der Waals surface area contributed by atoms with Gasteiger partial charge in [-0.15, -0.1) is 0 Å². The minimum absolute atomic E-state index is 0.0591. The second kappa shape index (κ2) is 5.72. The highest BCUT2D eigenvalue weighted by Gasteiger charge is 2.29. The van der Waals surface area contributed by atoms with Crippen molar-refractivity contribution in [1.29, 1.82) is 0 Å². The standard InChI is InChI=1S/C16H22N4O3/c1-16(2,3)23-15(22)19-8-4-5-11(10-19)12-9-14(21)20-13(18-12)6-7-17-20/h6-7,9,11,17H,4-5,8,10H2,1-3H3/t11-/m1/s1. The van der Waals surface area contributed by atoms with Gasteiger partial charge in [0.2, 0.25) is 0 Å². The van der Waals surface area contributed by atoms with Crippen LogP contribution in [0.5, 0.6) is 0 Å². The summed E-state index contributed by atoms with van der Waals surface area (Å²) in [5, 5.41) is 2.83. The van der Waals surface area contributed by atoms with Crippen LogP contribution in [0.1, 0.15) is 45.2 Å². The van der Waals surface area contributed by atoms with E-state index in [1.165, 1.54) is 4.52 Å². The van der Waals surface area contributed by atoms with Gasteiger partial charge >= 0.3 is 6.09 Å². The molecule has 1 N–H and O–H groups in total. The van der Waals surface area contributed by atoms with Gasteiger partial charge in [-0.2, -0.15) is 0 Å². The van der Waals surface area contributed by atoms with E-state index in [9.17, 15) is 9.59 Å². The molecule has 0 unspecified atom stereocenters. The number of H-pyrrole nitrogens is 1. The first-order valence-corrected chi connectivity index (χ1v) is 7.88. The number of ether oxygens (including phenoxy) is 1. The number of amides is 1. The number of nitrogens with zero attached hydrogens (tertiary/aromatic N) is 3. The van der Waals surface area contributed by atoms with Gasteiger partial charge in [0.1, 0.15) is 5.60 Å². The lowest BCUT2D eigenvalue weighted by Gasteiger charge is -2.33. The van der Waals surface area contributed by atoms with E-state index in [1.807, 2.05) is 20.8 Å². The van der Waals surface area contributed by atoms with Crippen LogP contribution in [-0.4, -0.2) is 44.3 Å². The molecule has 3 rings (SSSR count). The molecule has 1 aliphatic rings. The summed E-state index contributed by atoms with van der Waals surface area (Å²) in [5.41, 5.74) is 0.694. The predicted octanol–water partition coefficient (Wildman–Crippen LogP) is 2.14. The minimum atomic E-state index is -0.509. The summed E-state index contributed by atoms with van der Waals surface area (Å²) in [5.74, 6) is 0.0591.